The van der Waals surface area contributed by atoms with Gasteiger partial charge < -0.3 is 14.5 Å². The van der Waals surface area contributed by atoms with Crippen LogP contribution in [0.15, 0.2) is 16.6 Å². The number of morpholine rings is 1. The first-order valence-electron chi connectivity index (χ1n) is 6.90. The fourth-order valence-corrected chi connectivity index (χ4v) is 2.14. The van der Waals surface area contributed by atoms with Crippen molar-refractivity contribution < 1.29 is 4.74 Å². The highest BCUT2D eigenvalue weighted by atomic mass is 16.5. The van der Waals surface area contributed by atoms with E-state index in [4.69, 9.17) is 9.73 Å². The zero-order chi connectivity index (χ0) is 13.4. The van der Waals surface area contributed by atoms with Gasteiger partial charge in [0.2, 0.25) is 0 Å². The number of likely N-dealkylation sites (N-methyl/N-ethyl adjacent to an activating group) is 1. The van der Waals surface area contributed by atoms with Crippen LogP contribution in [0.5, 0.6) is 0 Å². The van der Waals surface area contributed by atoms with Crippen LogP contribution < -0.4 is 0 Å². The van der Waals surface area contributed by atoms with Gasteiger partial charge in [0.05, 0.1) is 13.2 Å². The first-order valence-corrected chi connectivity index (χ1v) is 6.90. The predicted octanol–water partition coefficient (Wildman–Crippen LogP) is 1.64. The van der Waals surface area contributed by atoms with E-state index in [0.717, 1.165) is 51.6 Å². The number of rotatable bonds is 5. The molecule has 0 aromatic rings. The molecule has 18 heavy (non-hydrogen) atoms. The highest BCUT2D eigenvalue weighted by Gasteiger charge is 2.18. The van der Waals surface area contributed by atoms with Crippen LogP contribution >= 0.6 is 0 Å². The van der Waals surface area contributed by atoms with Gasteiger partial charge in [-0.15, -0.1) is 0 Å². The molecule has 1 rings (SSSR count). The van der Waals surface area contributed by atoms with Gasteiger partial charge in [-0.2, -0.15) is 0 Å². The highest BCUT2D eigenvalue weighted by molar-refractivity contribution is 5.98. The van der Waals surface area contributed by atoms with Crippen LogP contribution in [0.25, 0.3) is 0 Å². The van der Waals surface area contributed by atoms with Crippen molar-refractivity contribution in [3.05, 3.63) is 11.6 Å². The molecule has 0 aromatic heterocycles. The smallest absolute Gasteiger partial charge is 0.127 e. The molecule has 0 unspecified atom stereocenters. The van der Waals surface area contributed by atoms with Crippen molar-refractivity contribution in [1.29, 1.82) is 0 Å². The monoisotopic (exact) mass is 253 g/mol. The fourth-order valence-electron chi connectivity index (χ4n) is 2.14. The van der Waals surface area contributed by atoms with Gasteiger partial charge in [-0.1, -0.05) is 13.0 Å². The van der Waals surface area contributed by atoms with Crippen LogP contribution in [0, 0.1) is 0 Å². The Kier molecular flexibility index (Phi) is 6.98. The minimum absolute atomic E-state index is 0.810. The van der Waals surface area contributed by atoms with Crippen LogP contribution in [-0.2, 0) is 4.74 Å². The summed E-state index contributed by atoms with van der Waals surface area (Å²) >= 11 is 0. The Labute approximate surface area is 111 Å². The van der Waals surface area contributed by atoms with Crippen molar-refractivity contribution in [3.8, 4) is 0 Å². The third-order valence-corrected chi connectivity index (χ3v) is 2.84. The Bertz CT molecular complexity index is 291. The molecule has 0 atom stereocenters. The van der Waals surface area contributed by atoms with Crippen molar-refractivity contribution in [2.45, 2.75) is 20.3 Å². The van der Waals surface area contributed by atoms with Gasteiger partial charge in [0, 0.05) is 31.8 Å². The van der Waals surface area contributed by atoms with Gasteiger partial charge >= 0.3 is 0 Å². The zero-order valence-corrected chi connectivity index (χ0v) is 12.3. The van der Waals surface area contributed by atoms with Gasteiger partial charge in [0.25, 0.3) is 0 Å². The van der Waals surface area contributed by atoms with Crippen LogP contribution in [0.1, 0.15) is 20.3 Å². The number of nitrogens with zero attached hydrogens (tertiary/aromatic N) is 3. The summed E-state index contributed by atoms with van der Waals surface area (Å²) in [5, 5.41) is 0. The van der Waals surface area contributed by atoms with Gasteiger partial charge in [-0.25, -0.2) is 0 Å². The van der Waals surface area contributed by atoms with E-state index in [9.17, 15) is 0 Å². The maximum Gasteiger partial charge on any atom is 0.127 e. The van der Waals surface area contributed by atoms with Gasteiger partial charge in [-0.3, -0.25) is 4.99 Å². The van der Waals surface area contributed by atoms with Crippen molar-refractivity contribution in [1.82, 2.24) is 9.80 Å². The molecule has 0 radical (unpaired) electrons. The van der Waals surface area contributed by atoms with Crippen molar-refractivity contribution in [2.75, 3.05) is 53.5 Å². The molecule has 0 bridgehead atoms. The molecule has 0 saturated carbocycles. The summed E-state index contributed by atoms with van der Waals surface area (Å²) in [6.07, 6.45) is 3.35. The van der Waals surface area contributed by atoms with Gasteiger partial charge in [0.15, 0.2) is 0 Å². The minimum Gasteiger partial charge on any atom is -0.378 e. The molecule has 4 nitrogen and oxygen atoms in total. The Morgan fingerprint density at radius 1 is 1.28 bits per heavy atom. The number of aliphatic imine (C=N–C) groups is 1. The largest absolute Gasteiger partial charge is 0.378 e. The summed E-state index contributed by atoms with van der Waals surface area (Å²) in [6.45, 7) is 9.58. The first kappa shape index (κ1) is 15.2. The maximum absolute atomic E-state index is 5.42. The summed E-state index contributed by atoms with van der Waals surface area (Å²) in [5.41, 5.74) is 1.34. The summed E-state index contributed by atoms with van der Waals surface area (Å²) in [5.74, 6) is 1.16. The predicted molar refractivity (Wildman–Crippen MR) is 77.3 cm³/mol. The average Bonchev–Trinajstić information content (AvgIpc) is 2.36. The van der Waals surface area contributed by atoms with E-state index in [2.05, 4.69) is 43.8 Å². The fraction of sp³-hybridized carbons (Fsp3) is 0.786. The van der Waals surface area contributed by atoms with Crippen molar-refractivity contribution >= 4 is 5.84 Å². The lowest BCUT2D eigenvalue weighted by molar-refractivity contribution is 0.0679. The number of hydrogen-bond donors (Lipinski definition) is 0. The highest BCUT2D eigenvalue weighted by Crippen LogP contribution is 2.10. The van der Waals surface area contributed by atoms with E-state index in [1.807, 2.05) is 0 Å². The van der Waals surface area contributed by atoms with Crippen molar-refractivity contribution in [2.24, 2.45) is 4.99 Å². The van der Waals surface area contributed by atoms with E-state index >= 15 is 0 Å². The van der Waals surface area contributed by atoms with Gasteiger partial charge in [0.1, 0.15) is 5.84 Å². The second kappa shape index (κ2) is 8.27. The second-order valence-corrected chi connectivity index (χ2v) is 4.77. The molecule has 1 fully saturated rings. The Morgan fingerprint density at radius 3 is 2.44 bits per heavy atom. The number of hydrogen-bond acceptors (Lipinski definition) is 3. The summed E-state index contributed by atoms with van der Waals surface area (Å²) in [4.78, 5) is 9.27. The first-order chi connectivity index (χ1) is 8.69. The Morgan fingerprint density at radius 2 is 1.94 bits per heavy atom. The minimum atomic E-state index is 0.810. The summed E-state index contributed by atoms with van der Waals surface area (Å²) < 4.78 is 5.42. The number of ether oxygens (including phenoxy) is 1. The van der Waals surface area contributed by atoms with E-state index in [0.29, 0.717) is 0 Å². The van der Waals surface area contributed by atoms with Gasteiger partial charge in [-0.05, 0) is 27.4 Å². The van der Waals surface area contributed by atoms with Crippen LogP contribution in [-0.4, -0.2) is 69.1 Å². The van der Waals surface area contributed by atoms with E-state index < -0.39 is 0 Å². The normalized spacial score (nSPS) is 18.6. The summed E-state index contributed by atoms with van der Waals surface area (Å²) in [6, 6.07) is 0. The van der Waals surface area contributed by atoms with E-state index in [-0.39, 0.29) is 0 Å². The number of allylic oxidation sites excluding steroid dienone is 1. The molecule has 0 amide bonds. The lowest BCUT2D eigenvalue weighted by Gasteiger charge is -2.32. The third-order valence-electron chi connectivity index (χ3n) is 2.84. The SMILES string of the molecule is CC/C=C(CN(C)C)\C(=N/CC)N1CCOCC1. The molecule has 1 aliphatic rings. The van der Waals surface area contributed by atoms with E-state index in [1.165, 1.54) is 5.57 Å². The molecule has 4 heteroatoms. The quantitative estimate of drug-likeness (QED) is 0.551. The molecular formula is C14H27N3O. The molecule has 1 aliphatic heterocycles. The van der Waals surface area contributed by atoms with Crippen LogP contribution in [0.2, 0.25) is 0 Å². The lowest BCUT2D eigenvalue weighted by atomic mass is 10.1. The van der Waals surface area contributed by atoms with Crippen LogP contribution in [0.4, 0.5) is 0 Å². The zero-order valence-electron chi connectivity index (χ0n) is 12.3. The molecule has 0 N–H and O–H groups in total. The number of amidine groups is 1. The third kappa shape index (κ3) is 4.78. The maximum atomic E-state index is 5.42. The summed E-state index contributed by atoms with van der Waals surface area (Å²) in [7, 11) is 4.21. The molecule has 0 aromatic carbocycles. The van der Waals surface area contributed by atoms with Crippen molar-refractivity contribution in [3.63, 3.8) is 0 Å². The average molecular weight is 253 g/mol. The topological polar surface area (TPSA) is 28.1 Å². The molecule has 1 saturated heterocycles. The molecular weight excluding hydrogens is 226 g/mol. The van der Waals surface area contributed by atoms with E-state index in [1.54, 1.807) is 0 Å². The standard InChI is InChI=1S/C14H27N3O/c1-5-7-13(12-16(3)4)14(15-6-2)17-8-10-18-11-9-17/h7H,5-6,8-12H2,1-4H3/b13-7-,15-14+. The van der Waals surface area contributed by atoms with Crippen LogP contribution in [0.3, 0.4) is 0 Å². The molecule has 104 valence electrons. The molecule has 1 heterocycles. The molecule has 0 aliphatic carbocycles. The lowest BCUT2D eigenvalue weighted by Crippen LogP contribution is -2.43. The Balaban J connectivity index is 2.85. The molecule has 0 spiro atoms. The second-order valence-electron chi connectivity index (χ2n) is 4.77. The Hall–Kier alpha value is -0.870.